The molecule has 0 bridgehead atoms. The number of piperidine rings is 1. The molecule has 0 radical (unpaired) electrons. The minimum Gasteiger partial charge on any atom is -0.360 e. The smallest absolute Gasteiger partial charge is 0.143 e. The Morgan fingerprint density at radius 1 is 1.27 bits per heavy atom. The van der Waals surface area contributed by atoms with Gasteiger partial charge in [0.15, 0.2) is 0 Å². The molecule has 2 unspecified atom stereocenters. The van der Waals surface area contributed by atoms with Crippen LogP contribution in [0.3, 0.4) is 0 Å². The van der Waals surface area contributed by atoms with Crippen LogP contribution < -0.4 is 0 Å². The summed E-state index contributed by atoms with van der Waals surface area (Å²) in [4.78, 5) is 12.2. The summed E-state index contributed by atoms with van der Waals surface area (Å²) in [6, 6.07) is 5.07. The summed E-state index contributed by atoms with van der Waals surface area (Å²) >= 11 is 8.10. The van der Waals surface area contributed by atoms with Crippen LogP contribution in [0.2, 0.25) is 0 Å². The van der Waals surface area contributed by atoms with Gasteiger partial charge in [-0.15, -0.1) is 11.3 Å². The molecule has 2 aromatic rings. The van der Waals surface area contributed by atoms with Crippen LogP contribution in [0.4, 0.5) is 0 Å². The van der Waals surface area contributed by atoms with E-state index in [0.717, 1.165) is 31.9 Å². The van der Waals surface area contributed by atoms with Gasteiger partial charge in [0.25, 0.3) is 0 Å². The Bertz CT molecular complexity index is 731. The second kappa shape index (κ2) is 8.09. The number of likely N-dealkylation sites (tertiary alicyclic amines) is 1. The maximum absolute atomic E-state index is 6.32. The van der Waals surface area contributed by atoms with Crippen molar-refractivity contribution in [3.8, 4) is 0 Å². The number of thiophene rings is 1. The summed E-state index contributed by atoms with van der Waals surface area (Å²) in [6.45, 7) is 4.49. The molecular formula is C19H27ClN4OS. The zero-order valence-electron chi connectivity index (χ0n) is 15.5. The first kappa shape index (κ1) is 18.6. The third-order valence-corrected chi connectivity index (χ3v) is 6.74. The molecule has 7 heteroatoms. The molecule has 5 nitrogen and oxygen atoms in total. The van der Waals surface area contributed by atoms with Gasteiger partial charge < -0.3 is 9.64 Å². The van der Waals surface area contributed by atoms with Crippen LogP contribution in [-0.2, 0) is 4.74 Å². The molecule has 2 aliphatic rings. The molecule has 0 aromatic carbocycles. The fraction of sp³-hybridized carbons (Fsp3) is 0.632. The molecule has 0 N–H and O–H groups in total. The number of fused-ring (bicyclic) bond motifs is 1. The van der Waals surface area contributed by atoms with E-state index in [0.29, 0.717) is 12.6 Å². The van der Waals surface area contributed by atoms with E-state index in [1.54, 1.807) is 11.3 Å². The van der Waals surface area contributed by atoms with Gasteiger partial charge in [0.05, 0.1) is 12.3 Å². The molecule has 2 aliphatic heterocycles. The highest BCUT2D eigenvalue weighted by molar-refractivity contribution is 7.17. The summed E-state index contributed by atoms with van der Waals surface area (Å²) in [5.41, 5.74) is 0.894. The first-order valence-corrected chi connectivity index (χ1v) is 10.7. The van der Waals surface area contributed by atoms with Crippen LogP contribution in [0.1, 0.15) is 24.7 Å². The molecule has 4 heterocycles. The van der Waals surface area contributed by atoms with Crippen molar-refractivity contribution in [1.29, 1.82) is 0 Å². The fourth-order valence-electron chi connectivity index (χ4n) is 4.11. The first-order valence-electron chi connectivity index (χ1n) is 9.35. The molecule has 2 fully saturated rings. The minimum absolute atomic E-state index is 0.176. The lowest BCUT2D eigenvalue weighted by molar-refractivity contribution is -0.0594. The molecule has 2 aromatic heterocycles. The average molecular weight is 395 g/mol. The number of nitrogens with zero attached hydrogens (tertiary/aromatic N) is 4. The van der Waals surface area contributed by atoms with Gasteiger partial charge in [0, 0.05) is 48.5 Å². The summed E-state index contributed by atoms with van der Waals surface area (Å²) in [6.07, 6.45) is 4.58. The van der Waals surface area contributed by atoms with Gasteiger partial charge in [-0.25, -0.2) is 0 Å². The molecule has 2 atom stereocenters. The van der Waals surface area contributed by atoms with Gasteiger partial charge in [-0.2, -0.15) is 0 Å². The zero-order chi connectivity index (χ0) is 18.1. The topological polar surface area (TPSA) is 31.8 Å². The monoisotopic (exact) mass is 394 g/mol. The van der Waals surface area contributed by atoms with Crippen molar-refractivity contribution in [1.82, 2.24) is 19.7 Å². The van der Waals surface area contributed by atoms with Gasteiger partial charge in [0.1, 0.15) is 11.7 Å². The maximum Gasteiger partial charge on any atom is 0.143 e. The molecule has 4 rings (SSSR count). The van der Waals surface area contributed by atoms with Gasteiger partial charge in [-0.3, -0.25) is 14.8 Å². The summed E-state index contributed by atoms with van der Waals surface area (Å²) in [7, 11) is 4.37. The van der Waals surface area contributed by atoms with Crippen LogP contribution in [0, 0.1) is 0 Å². The second-order valence-electron chi connectivity index (χ2n) is 7.45. The predicted molar refractivity (Wildman–Crippen MR) is 108 cm³/mol. The molecule has 0 spiro atoms. The van der Waals surface area contributed by atoms with E-state index in [1.165, 1.54) is 22.9 Å². The molecule has 0 aliphatic carbocycles. The summed E-state index contributed by atoms with van der Waals surface area (Å²) in [5, 5.41) is 3.36. The van der Waals surface area contributed by atoms with Crippen LogP contribution in [0.5, 0.6) is 0 Å². The highest BCUT2D eigenvalue weighted by atomic mass is 35.5. The first-order chi connectivity index (χ1) is 12.6. The van der Waals surface area contributed by atoms with E-state index < -0.39 is 0 Å². The van der Waals surface area contributed by atoms with Crippen molar-refractivity contribution in [2.45, 2.75) is 30.6 Å². The zero-order valence-corrected chi connectivity index (χ0v) is 17.0. The molecular weight excluding hydrogens is 368 g/mol. The van der Waals surface area contributed by atoms with Crippen LogP contribution >= 0.6 is 22.9 Å². The highest BCUT2D eigenvalue weighted by Crippen LogP contribution is 2.32. The number of rotatable bonds is 4. The summed E-state index contributed by atoms with van der Waals surface area (Å²) in [5.74, 6) is 0. The van der Waals surface area contributed by atoms with Gasteiger partial charge in [-0.05, 0) is 44.4 Å². The molecule has 0 saturated carbocycles. The number of pyridine rings is 1. The number of hydrogen-bond acceptors (Lipinski definition) is 6. The van der Waals surface area contributed by atoms with E-state index in [1.807, 2.05) is 6.20 Å². The number of morpholine rings is 1. The number of hydrogen-bond donors (Lipinski definition) is 0. The Labute approximate surface area is 164 Å². The second-order valence-corrected chi connectivity index (χ2v) is 8.88. The van der Waals surface area contributed by atoms with Crippen LogP contribution in [0.15, 0.2) is 23.7 Å². The van der Waals surface area contributed by atoms with Crippen molar-refractivity contribution >= 4 is 33.0 Å². The lowest BCUT2D eigenvalue weighted by Crippen LogP contribution is -2.52. The van der Waals surface area contributed by atoms with E-state index in [4.69, 9.17) is 21.3 Å². The van der Waals surface area contributed by atoms with E-state index >= 15 is 0 Å². The third kappa shape index (κ3) is 3.91. The van der Waals surface area contributed by atoms with Crippen molar-refractivity contribution in [3.05, 3.63) is 29.4 Å². The molecule has 26 heavy (non-hydrogen) atoms. The molecule has 0 amide bonds. The van der Waals surface area contributed by atoms with Crippen molar-refractivity contribution in [2.75, 3.05) is 46.9 Å². The SMILES string of the molecule is CN(C)C1CCN(C(c2cc3sccc3cn2)N2CCOC(Cl)C2)CC1. The van der Waals surface area contributed by atoms with Gasteiger partial charge in [-0.1, -0.05) is 11.6 Å². The number of halogens is 1. The average Bonchev–Trinajstić information content (AvgIpc) is 3.10. The Hall–Kier alpha value is -0.760. The normalized spacial score (nSPS) is 25.2. The van der Waals surface area contributed by atoms with Gasteiger partial charge in [0.2, 0.25) is 0 Å². The van der Waals surface area contributed by atoms with Crippen molar-refractivity contribution in [3.63, 3.8) is 0 Å². The Kier molecular flexibility index (Phi) is 5.78. The number of ether oxygens (including phenoxy) is 1. The minimum atomic E-state index is -0.240. The van der Waals surface area contributed by atoms with E-state index in [-0.39, 0.29) is 11.7 Å². The van der Waals surface area contributed by atoms with Crippen molar-refractivity contribution < 1.29 is 4.74 Å². The number of alkyl halides is 1. The largest absolute Gasteiger partial charge is 0.360 e. The highest BCUT2D eigenvalue weighted by Gasteiger charge is 2.34. The Morgan fingerprint density at radius 2 is 2.08 bits per heavy atom. The van der Waals surface area contributed by atoms with Crippen LogP contribution in [-0.4, -0.2) is 78.2 Å². The van der Waals surface area contributed by atoms with Gasteiger partial charge >= 0.3 is 0 Å². The fourth-order valence-corrected chi connectivity index (χ4v) is 5.19. The lowest BCUT2D eigenvalue weighted by Gasteiger charge is -2.45. The van der Waals surface area contributed by atoms with Crippen molar-refractivity contribution in [2.24, 2.45) is 0 Å². The molecule has 2 saturated heterocycles. The van der Waals surface area contributed by atoms with Crippen LogP contribution in [0.25, 0.3) is 10.1 Å². The quantitative estimate of drug-likeness (QED) is 0.743. The Morgan fingerprint density at radius 3 is 2.81 bits per heavy atom. The summed E-state index contributed by atoms with van der Waals surface area (Å²) < 4.78 is 6.87. The third-order valence-electron chi connectivity index (χ3n) is 5.60. The maximum atomic E-state index is 6.32. The van der Waals surface area contributed by atoms with E-state index in [9.17, 15) is 0 Å². The predicted octanol–water partition coefficient (Wildman–Crippen LogP) is 3.22. The Balaban J connectivity index is 1.61. The van der Waals surface area contributed by atoms with E-state index in [2.05, 4.69) is 46.3 Å². The number of aromatic nitrogens is 1. The standard InChI is InChI=1S/C19H27ClN4OS/c1-22(2)15-3-6-23(7-4-15)19(24-8-9-25-18(20)13-24)16-11-17-14(12-21-16)5-10-26-17/h5,10-12,15,18-19H,3-4,6-9,13H2,1-2H3. The molecule has 142 valence electrons. The lowest BCUT2D eigenvalue weighted by atomic mass is 10.0.